The first-order chi connectivity index (χ1) is 12.9. The quantitative estimate of drug-likeness (QED) is 0.757. The number of benzene rings is 1. The number of carbonyl (C=O) groups is 1. The topological polar surface area (TPSA) is 92.9 Å². The Kier molecular flexibility index (Phi) is 4.20. The molecule has 0 radical (unpaired) electrons. The molecule has 1 spiro atoms. The normalized spacial score (nSPS) is 17.9. The van der Waals surface area contributed by atoms with Gasteiger partial charge in [0.25, 0.3) is 12.3 Å². The lowest BCUT2D eigenvalue weighted by Gasteiger charge is -2.34. The maximum Gasteiger partial charge on any atom is 0.270 e. The third-order valence-electron chi connectivity index (χ3n) is 5.53. The predicted molar refractivity (Wildman–Crippen MR) is 98.1 cm³/mol. The number of nitrogen functional groups attached to an aromatic ring is 1. The zero-order valence-corrected chi connectivity index (χ0v) is 15.0. The molecule has 8 heteroatoms. The van der Waals surface area contributed by atoms with Crippen molar-refractivity contribution in [3.05, 3.63) is 40.7 Å². The Hall–Kier alpha value is -2.77. The Morgan fingerprint density at radius 3 is 2.67 bits per heavy atom. The molecule has 1 aromatic carbocycles. The second kappa shape index (κ2) is 6.44. The molecule has 1 aliphatic carbocycles. The van der Waals surface area contributed by atoms with Gasteiger partial charge in [0.15, 0.2) is 0 Å². The van der Waals surface area contributed by atoms with Crippen LogP contribution in [0, 0.1) is 6.92 Å². The zero-order valence-electron chi connectivity index (χ0n) is 15.0. The fraction of sp³-hybridized carbons (Fsp3) is 0.421. The van der Waals surface area contributed by atoms with Crippen molar-refractivity contribution in [3.8, 4) is 0 Å². The first-order valence-corrected chi connectivity index (χ1v) is 9.04. The van der Waals surface area contributed by atoms with Crippen LogP contribution >= 0.6 is 0 Å². The van der Waals surface area contributed by atoms with Gasteiger partial charge in [-0.1, -0.05) is 19.3 Å². The van der Waals surface area contributed by atoms with Gasteiger partial charge in [-0.2, -0.15) is 0 Å². The van der Waals surface area contributed by atoms with Crippen molar-refractivity contribution in [2.75, 3.05) is 11.1 Å². The highest BCUT2D eigenvalue weighted by atomic mass is 19.3. The van der Waals surface area contributed by atoms with Crippen molar-refractivity contribution < 1.29 is 13.6 Å². The molecule has 1 amide bonds. The summed E-state index contributed by atoms with van der Waals surface area (Å²) in [4.78, 5) is 20.1. The van der Waals surface area contributed by atoms with Crippen LogP contribution in [0.3, 0.4) is 0 Å². The SMILES string of the molecule is Cc1cc(Nc2ncnc(N)c2C(F)F)cc2c1C(=O)NC21CCCCC1. The maximum absolute atomic E-state index is 13.4. The Morgan fingerprint density at radius 1 is 1.22 bits per heavy atom. The van der Waals surface area contributed by atoms with Gasteiger partial charge in [-0.15, -0.1) is 0 Å². The molecule has 1 aliphatic heterocycles. The number of hydrogen-bond donors (Lipinski definition) is 3. The Balaban J connectivity index is 1.77. The van der Waals surface area contributed by atoms with E-state index in [1.807, 2.05) is 13.0 Å². The monoisotopic (exact) mass is 373 g/mol. The minimum atomic E-state index is -2.79. The molecule has 0 saturated heterocycles. The molecule has 4 rings (SSSR count). The largest absolute Gasteiger partial charge is 0.383 e. The van der Waals surface area contributed by atoms with E-state index in [1.54, 1.807) is 6.07 Å². The highest BCUT2D eigenvalue weighted by Crippen LogP contribution is 2.45. The van der Waals surface area contributed by atoms with Crippen molar-refractivity contribution >= 4 is 23.2 Å². The number of carbonyl (C=O) groups excluding carboxylic acids is 1. The van der Waals surface area contributed by atoms with Gasteiger partial charge in [-0.3, -0.25) is 4.79 Å². The summed E-state index contributed by atoms with van der Waals surface area (Å²) in [7, 11) is 0. The van der Waals surface area contributed by atoms with Crippen LogP contribution in [-0.4, -0.2) is 15.9 Å². The summed E-state index contributed by atoms with van der Waals surface area (Å²) in [5.74, 6) is -0.330. The van der Waals surface area contributed by atoms with Crippen LogP contribution in [0.4, 0.5) is 26.1 Å². The third-order valence-corrected chi connectivity index (χ3v) is 5.53. The van der Waals surface area contributed by atoms with E-state index < -0.39 is 12.0 Å². The number of rotatable bonds is 3. The Labute approximate surface area is 155 Å². The van der Waals surface area contributed by atoms with Crippen LogP contribution in [0.25, 0.3) is 0 Å². The average Bonchev–Trinajstić information content (AvgIpc) is 2.87. The number of halogens is 2. The fourth-order valence-electron chi connectivity index (χ4n) is 4.30. The summed E-state index contributed by atoms with van der Waals surface area (Å²) < 4.78 is 26.7. The summed E-state index contributed by atoms with van der Waals surface area (Å²) >= 11 is 0. The summed E-state index contributed by atoms with van der Waals surface area (Å²) in [5, 5.41) is 6.12. The lowest BCUT2D eigenvalue weighted by atomic mass is 9.77. The molecule has 0 atom stereocenters. The van der Waals surface area contributed by atoms with Crippen molar-refractivity contribution in [2.24, 2.45) is 0 Å². The van der Waals surface area contributed by atoms with E-state index in [4.69, 9.17) is 5.73 Å². The predicted octanol–water partition coefficient (Wildman–Crippen LogP) is 3.95. The van der Waals surface area contributed by atoms with E-state index in [2.05, 4.69) is 20.6 Å². The van der Waals surface area contributed by atoms with E-state index in [9.17, 15) is 13.6 Å². The second-order valence-corrected chi connectivity index (χ2v) is 7.26. The molecular weight excluding hydrogens is 352 g/mol. The number of hydrogen-bond acceptors (Lipinski definition) is 5. The van der Waals surface area contributed by atoms with Gasteiger partial charge in [0.2, 0.25) is 0 Å². The molecule has 2 aliphatic rings. The average molecular weight is 373 g/mol. The van der Waals surface area contributed by atoms with Gasteiger partial charge in [-0.25, -0.2) is 18.7 Å². The summed E-state index contributed by atoms with van der Waals surface area (Å²) in [6, 6.07) is 3.65. The van der Waals surface area contributed by atoms with Crippen LogP contribution in [0.15, 0.2) is 18.5 Å². The molecule has 6 nitrogen and oxygen atoms in total. The van der Waals surface area contributed by atoms with E-state index in [0.717, 1.165) is 49.6 Å². The summed E-state index contributed by atoms with van der Waals surface area (Å²) in [6.07, 6.45) is 3.38. The lowest BCUT2D eigenvalue weighted by Crippen LogP contribution is -2.40. The van der Waals surface area contributed by atoms with Gasteiger partial charge in [0.05, 0.1) is 5.54 Å². The van der Waals surface area contributed by atoms with E-state index in [-0.39, 0.29) is 23.1 Å². The fourth-order valence-corrected chi connectivity index (χ4v) is 4.30. The summed E-state index contributed by atoms with van der Waals surface area (Å²) in [6.45, 7) is 1.85. The van der Waals surface area contributed by atoms with Gasteiger partial charge in [0, 0.05) is 11.3 Å². The zero-order chi connectivity index (χ0) is 19.2. The van der Waals surface area contributed by atoms with E-state index in [1.165, 1.54) is 0 Å². The minimum Gasteiger partial charge on any atom is -0.383 e. The number of aromatic nitrogens is 2. The molecule has 0 unspecified atom stereocenters. The van der Waals surface area contributed by atoms with Crippen LogP contribution in [0.1, 0.15) is 65.6 Å². The van der Waals surface area contributed by atoms with Crippen molar-refractivity contribution in [1.82, 2.24) is 15.3 Å². The van der Waals surface area contributed by atoms with Crippen LogP contribution in [0.2, 0.25) is 0 Å². The molecule has 4 N–H and O–H groups in total. The summed E-state index contributed by atoms with van der Waals surface area (Å²) in [5.41, 5.74) is 7.86. The van der Waals surface area contributed by atoms with Crippen molar-refractivity contribution in [3.63, 3.8) is 0 Å². The number of nitrogens with zero attached hydrogens (tertiary/aromatic N) is 2. The molecule has 2 aromatic rings. The lowest BCUT2D eigenvalue weighted by molar-refractivity contribution is 0.0909. The number of anilines is 3. The van der Waals surface area contributed by atoms with Gasteiger partial charge in [0.1, 0.15) is 23.5 Å². The highest BCUT2D eigenvalue weighted by Gasteiger charge is 2.44. The van der Waals surface area contributed by atoms with Crippen LogP contribution < -0.4 is 16.4 Å². The highest BCUT2D eigenvalue weighted by molar-refractivity contribution is 6.02. The van der Waals surface area contributed by atoms with E-state index >= 15 is 0 Å². The molecule has 2 heterocycles. The van der Waals surface area contributed by atoms with Crippen LogP contribution in [0.5, 0.6) is 0 Å². The molecule has 1 saturated carbocycles. The minimum absolute atomic E-state index is 0.0215. The third kappa shape index (κ3) is 2.89. The van der Waals surface area contributed by atoms with Crippen molar-refractivity contribution in [2.45, 2.75) is 51.0 Å². The molecule has 0 bridgehead atoms. The number of nitrogens with two attached hydrogens (primary N) is 1. The molecule has 1 aromatic heterocycles. The maximum atomic E-state index is 13.4. The Bertz CT molecular complexity index is 909. The number of alkyl halides is 2. The first-order valence-electron chi connectivity index (χ1n) is 9.04. The molecule has 142 valence electrons. The van der Waals surface area contributed by atoms with Crippen LogP contribution in [-0.2, 0) is 5.54 Å². The standard InChI is InChI=1S/C19H21F2N5O/c1-10-7-11(25-17-14(15(20)21)16(22)23-9-24-17)8-12-13(10)18(27)26-19(12)5-3-2-4-6-19/h7-9,15H,2-6H2,1H3,(H,26,27)(H3,22,23,24,25). The van der Waals surface area contributed by atoms with Crippen molar-refractivity contribution in [1.29, 1.82) is 0 Å². The first kappa shape index (κ1) is 17.6. The molecule has 27 heavy (non-hydrogen) atoms. The number of aryl methyl sites for hydroxylation is 1. The van der Waals surface area contributed by atoms with Gasteiger partial charge < -0.3 is 16.4 Å². The number of fused-ring (bicyclic) bond motifs is 2. The number of amides is 1. The Morgan fingerprint density at radius 2 is 1.96 bits per heavy atom. The van der Waals surface area contributed by atoms with E-state index in [0.29, 0.717) is 11.3 Å². The molecule has 1 fully saturated rings. The molecular formula is C19H21F2N5O. The second-order valence-electron chi connectivity index (χ2n) is 7.26. The number of nitrogens with one attached hydrogen (secondary N) is 2. The van der Waals surface area contributed by atoms with Gasteiger partial charge in [-0.05, 0) is 43.0 Å². The smallest absolute Gasteiger partial charge is 0.270 e. The van der Waals surface area contributed by atoms with Gasteiger partial charge >= 0.3 is 0 Å².